The Balaban J connectivity index is 2.41. The normalized spacial score (nSPS) is 15.6. The van der Waals surface area contributed by atoms with E-state index in [1.165, 1.54) is 25.8 Å². The van der Waals surface area contributed by atoms with Crippen molar-refractivity contribution in [3.63, 3.8) is 0 Å². The van der Waals surface area contributed by atoms with Crippen LogP contribution in [0.5, 0.6) is 11.6 Å². The second-order valence-corrected chi connectivity index (χ2v) is 6.22. The number of hydrogen-bond donors (Lipinski definition) is 0. The summed E-state index contributed by atoms with van der Waals surface area (Å²) >= 11 is 0. The van der Waals surface area contributed by atoms with Gasteiger partial charge in [0.05, 0.1) is 25.2 Å². The monoisotopic (exact) mass is 396 g/mol. The van der Waals surface area contributed by atoms with Crippen LogP contribution in [0.25, 0.3) is 0 Å². The first kappa shape index (κ1) is 19.9. The summed E-state index contributed by atoms with van der Waals surface area (Å²) in [7, 11) is 4.37. The molecule has 9 nitrogen and oxygen atoms in total. The summed E-state index contributed by atoms with van der Waals surface area (Å²) in [6.45, 7) is 2.16. The fourth-order valence-electron chi connectivity index (χ4n) is 3.22. The molecule has 0 spiro atoms. The molecule has 1 atom stereocenters. The fourth-order valence-corrected chi connectivity index (χ4v) is 3.22. The molecule has 0 saturated heterocycles. The number of allylic oxidation sites excluding steroid dienone is 1. The van der Waals surface area contributed by atoms with Gasteiger partial charge in [0.15, 0.2) is 6.40 Å². The summed E-state index contributed by atoms with van der Waals surface area (Å²) in [6, 6.07) is 9.14. The lowest BCUT2D eigenvalue weighted by atomic mass is 9.84. The number of fused-ring (bicyclic) bond motifs is 1. The summed E-state index contributed by atoms with van der Waals surface area (Å²) in [5.74, 6) is -0.370. The van der Waals surface area contributed by atoms with E-state index in [-0.39, 0.29) is 22.9 Å². The lowest BCUT2D eigenvalue weighted by Gasteiger charge is -2.27. The Kier molecular flexibility index (Phi) is 5.54. The van der Waals surface area contributed by atoms with E-state index in [2.05, 4.69) is 11.1 Å². The molecule has 0 radical (unpaired) electrons. The van der Waals surface area contributed by atoms with E-state index in [4.69, 9.17) is 14.2 Å². The molecule has 0 aliphatic carbocycles. The van der Waals surface area contributed by atoms with Crippen LogP contribution in [-0.2, 0) is 18.8 Å². The van der Waals surface area contributed by atoms with Crippen LogP contribution in [0.2, 0.25) is 0 Å². The van der Waals surface area contributed by atoms with Gasteiger partial charge in [-0.2, -0.15) is 10.3 Å². The highest BCUT2D eigenvalue weighted by atomic mass is 16.5. The van der Waals surface area contributed by atoms with Gasteiger partial charge in [-0.25, -0.2) is 4.79 Å². The highest BCUT2D eigenvalue weighted by Gasteiger charge is 2.38. The minimum atomic E-state index is -0.834. The van der Waals surface area contributed by atoms with Gasteiger partial charge < -0.3 is 14.2 Å². The highest BCUT2D eigenvalue weighted by Crippen LogP contribution is 2.43. The fraction of sp³-hybridized carbons (Fsp3) is 0.300. The molecule has 0 amide bonds. The predicted molar refractivity (Wildman–Crippen MR) is 105 cm³/mol. The molecule has 29 heavy (non-hydrogen) atoms. The van der Waals surface area contributed by atoms with Crippen molar-refractivity contribution in [3.8, 4) is 17.7 Å². The van der Waals surface area contributed by atoms with E-state index in [0.29, 0.717) is 17.9 Å². The Bertz CT molecular complexity index is 1170. The maximum absolute atomic E-state index is 13.0. The van der Waals surface area contributed by atoms with Crippen molar-refractivity contribution in [2.75, 3.05) is 13.7 Å². The molecule has 0 bridgehead atoms. The Labute approximate surface area is 166 Å². The standard InChI is InChI=1S/C20H20N4O5/c1-5-28-11-22-17-13(10-21)15(12-8-6-7-9-14(12)27-4)16-18(25)23(2)20(26)24(3)19(16)29-17/h6-9,11,15H,5H2,1-4H3. The van der Waals surface area contributed by atoms with E-state index >= 15 is 0 Å². The van der Waals surface area contributed by atoms with Crippen molar-refractivity contribution in [2.45, 2.75) is 12.8 Å². The maximum Gasteiger partial charge on any atom is 0.333 e. The Hall–Kier alpha value is -3.80. The Morgan fingerprint density at radius 1 is 1.28 bits per heavy atom. The molecule has 2 heterocycles. The van der Waals surface area contributed by atoms with Gasteiger partial charge in [0.25, 0.3) is 5.56 Å². The average Bonchev–Trinajstić information content (AvgIpc) is 2.75. The number of aromatic nitrogens is 2. The van der Waals surface area contributed by atoms with Gasteiger partial charge >= 0.3 is 5.69 Å². The number of ether oxygens (including phenoxy) is 3. The Morgan fingerprint density at radius 3 is 2.66 bits per heavy atom. The second-order valence-electron chi connectivity index (χ2n) is 6.22. The van der Waals surface area contributed by atoms with Crippen molar-refractivity contribution >= 4 is 6.40 Å². The average molecular weight is 396 g/mol. The summed E-state index contributed by atoms with van der Waals surface area (Å²) in [5, 5.41) is 9.90. The van der Waals surface area contributed by atoms with Gasteiger partial charge in [-0.1, -0.05) is 18.2 Å². The van der Waals surface area contributed by atoms with Gasteiger partial charge in [-0.15, -0.1) is 0 Å². The lowest BCUT2D eigenvalue weighted by molar-refractivity contribution is 0.325. The molecular weight excluding hydrogens is 376 g/mol. The minimum Gasteiger partial charge on any atom is -0.496 e. The van der Waals surface area contributed by atoms with Crippen LogP contribution in [0.15, 0.2) is 50.3 Å². The van der Waals surface area contributed by atoms with E-state index < -0.39 is 17.2 Å². The van der Waals surface area contributed by atoms with Crippen LogP contribution in [0.1, 0.15) is 24.0 Å². The van der Waals surface area contributed by atoms with Crippen LogP contribution in [0.3, 0.4) is 0 Å². The van der Waals surface area contributed by atoms with Gasteiger partial charge in [-0.05, 0) is 13.0 Å². The molecule has 9 heteroatoms. The highest BCUT2D eigenvalue weighted by molar-refractivity contribution is 5.58. The zero-order chi connectivity index (χ0) is 21.1. The number of nitrogens with zero attached hydrogens (tertiary/aromatic N) is 4. The van der Waals surface area contributed by atoms with E-state index in [0.717, 1.165) is 11.0 Å². The quantitative estimate of drug-likeness (QED) is 0.559. The third-order valence-corrected chi connectivity index (χ3v) is 4.63. The number of hydrogen-bond acceptors (Lipinski definition) is 7. The number of benzene rings is 1. The van der Waals surface area contributed by atoms with E-state index in [1.807, 2.05) is 0 Å². The number of aliphatic imine (C=N–C) groups is 1. The number of nitriles is 1. The summed E-state index contributed by atoms with van der Waals surface area (Å²) < 4.78 is 18.5. The van der Waals surface area contributed by atoms with Crippen LogP contribution in [-0.4, -0.2) is 29.3 Å². The van der Waals surface area contributed by atoms with Gasteiger partial charge in [0.1, 0.15) is 17.4 Å². The van der Waals surface area contributed by atoms with Crippen LogP contribution < -0.4 is 20.7 Å². The minimum absolute atomic E-state index is 0.0247. The third-order valence-electron chi connectivity index (χ3n) is 4.63. The van der Waals surface area contributed by atoms with Crippen molar-refractivity contribution in [1.29, 1.82) is 5.26 Å². The summed E-state index contributed by atoms with van der Waals surface area (Å²) in [5.41, 5.74) is -0.267. The molecule has 1 unspecified atom stereocenters. The van der Waals surface area contributed by atoms with E-state index in [9.17, 15) is 14.9 Å². The van der Waals surface area contributed by atoms with Gasteiger partial charge in [0, 0.05) is 19.7 Å². The van der Waals surface area contributed by atoms with E-state index in [1.54, 1.807) is 31.2 Å². The first-order valence-corrected chi connectivity index (χ1v) is 8.85. The van der Waals surface area contributed by atoms with Crippen molar-refractivity contribution in [2.24, 2.45) is 19.1 Å². The van der Waals surface area contributed by atoms with Crippen LogP contribution >= 0.6 is 0 Å². The molecule has 0 saturated carbocycles. The topological polar surface area (TPSA) is 108 Å². The molecule has 1 aliphatic rings. The summed E-state index contributed by atoms with van der Waals surface area (Å²) in [4.78, 5) is 29.6. The number of methoxy groups -OCH3 is 1. The zero-order valence-electron chi connectivity index (χ0n) is 16.5. The van der Waals surface area contributed by atoms with Crippen LogP contribution in [0, 0.1) is 11.3 Å². The molecule has 1 aliphatic heterocycles. The lowest BCUT2D eigenvalue weighted by Crippen LogP contribution is -2.42. The van der Waals surface area contributed by atoms with Crippen molar-refractivity contribution in [3.05, 3.63) is 67.7 Å². The molecule has 2 aromatic rings. The molecule has 1 aromatic heterocycles. The molecular formula is C20H20N4O5. The Morgan fingerprint density at radius 2 is 2.00 bits per heavy atom. The molecule has 3 rings (SSSR count). The van der Waals surface area contributed by atoms with Crippen LogP contribution in [0.4, 0.5) is 0 Å². The number of para-hydroxylation sites is 1. The largest absolute Gasteiger partial charge is 0.496 e. The molecule has 0 N–H and O–H groups in total. The first-order chi connectivity index (χ1) is 14.0. The van der Waals surface area contributed by atoms with Crippen molar-refractivity contribution in [1.82, 2.24) is 9.13 Å². The molecule has 150 valence electrons. The summed E-state index contributed by atoms with van der Waals surface area (Å²) in [6.07, 6.45) is 1.16. The van der Waals surface area contributed by atoms with Crippen molar-refractivity contribution < 1.29 is 14.2 Å². The first-order valence-electron chi connectivity index (χ1n) is 8.85. The second kappa shape index (κ2) is 8.06. The maximum atomic E-state index is 13.0. The predicted octanol–water partition coefficient (Wildman–Crippen LogP) is 1.42. The number of rotatable bonds is 5. The van der Waals surface area contributed by atoms with Gasteiger partial charge in [0.2, 0.25) is 11.8 Å². The molecule has 1 aromatic carbocycles. The molecule has 0 fully saturated rings. The SMILES string of the molecule is CCOC=NC1=C(C#N)C(c2ccccc2OC)c2c(n(C)c(=O)n(C)c2=O)O1. The smallest absolute Gasteiger partial charge is 0.333 e. The van der Waals surface area contributed by atoms with Gasteiger partial charge in [-0.3, -0.25) is 13.9 Å². The third kappa shape index (κ3) is 3.29. The zero-order valence-corrected chi connectivity index (χ0v) is 16.5.